The van der Waals surface area contributed by atoms with Gasteiger partial charge < -0.3 is 19.8 Å². The number of alkyl halides is 17. The Hall–Kier alpha value is -2.51. The fraction of sp³-hybridized carbons (Fsp3) is 0.765. The molecular weight excluding hydrogens is 591 g/mol. The summed E-state index contributed by atoms with van der Waals surface area (Å²) >= 11 is 0. The summed E-state index contributed by atoms with van der Waals surface area (Å²) < 4.78 is 225. The van der Waals surface area contributed by atoms with Gasteiger partial charge in [-0.25, -0.2) is 0 Å². The van der Waals surface area contributed by atoms with Crippen LogP contribution in [0, 0.1) is 5.92 Å². The van der Waals surface area contributed by atoms with E-state index in [4.69, 9.17) is 0 Å². The Morgan fingerprint density at radius 1 is 0.553 bits per heavy atom. The number of hydrogen-bond acceptors (Lipinski definition) is 4. The maximum Gasteiger partial charge on any atom is 0.460 e. The predicted molar refractivity (Wildman–Crippen MR) is 81.8 cm³/mol. The minimum absolute atomic E-state index is 0.828. The summed E-state index contributed by atoms with van der Waals surface area (Å²) in [5, 5.41) is 21.9. The minimum atomic E-state index is -8.79. The Kier molecular flexibility index (Phi) is 9.25. The second-order valence-electron chi connectivity index (χ2n) is 7.77. The van der Waals surface area contributed by atoms with Crippen LogP contribution in [0.15, 0.2) is 11.1 Å². The molecule has 21 heteroatoms. The number of aliphatic carboxylic acids is 2. The molecule has 0 spiro atoms. The first-order chi connectivity index (χ1) is 16.3. The molecule has 0 bridgehead atoms. The van der Waals surface area contributed by atoms with E-state index < -0.39 is 89.5 Å². The van der Waals surface area contributed by atoms with E-state index in [-0.39, 0.29) is 0 Å². The molecule has 0 fully saturated rings. The monoisotopic (exact) mass is 602 g/mol. The first kappa shape index (κ1) is 35.5. The lowest BCUT2D eigenvalue weighted by Crippen LogP contribution is -2.74. The van der Waals surface area contributed by atoms with E-state index in [9.17, 15) is 94.4 Å². The topological polar surface area (TPSA) is 80.3 Å². The second kappa shape index (κ2) is 9.91. The molecule has 0 N–H and O–H groups in total. The van der Waals surface area contributed by atoms with Crippen LogP contribution in [0.1, 0.15) is 26.7 Å². The van der Waals surface area contributed by atoms with Gasteiger partial charge in [0.05, 0.1) is 11.9 Å². The van der Waals surface area contributed by atoms with E-state index in [0.717, 1.165) is 13.8 Å². The molecule has 0 aromatic rings. The Balaban J connectivity index is 6.78. The molecule has 0 aromatic carbocycles. The number of halogens is 17. The molecule has 0 aliphatic carbocycles. The van der Waals surface area contributed by atoms with Crippen LogP contribution in [0.2, 0.25) is 0 Å². The van der Waals surface area contributed by atoms with Crippen molar-refractivity contribution in [3.63, 3.8) is 0 Å². The van der Waals surface area contributed by atoms with Gasteiger partial charge >= 0.3 is 47.6 Å². The molecule has 4 nitrogen and oxygen atoms in total. The number of carboxylic acid groups (broad SMARTS) is 2. The molecule has 0 rings (SSSR count). The number of carbonyl (C=O) groups excluding carboxylic acids is 2. The quantitative estimate of drug-likeness (QED) is 0.248. The van der Waals surface area contributed by atoms with Crippen LogP contribution >= 0.6 is 0 Å². The normalized spacial score (nSPS) is 16.0. The van der Waals surface area contributed by atoms with E-state index >= 15 is 0 Å². The zero-order chi connectivity index (χ0) is 31.3. The zero-order valence-electron chi connectivity index (χ0n) is 18.0. The third-order valence-corrected chi connectivity index (χ3v) is 4.84. The first-order valence-corrected chi connectivity index (χ1v) is 9.18. The molecule has 0 heterocycles. The van der Waals surface area contributed by atoms with Gasteiger partial charge in [-0.15, -0.1) is 0 Å². The molecule has 0 aliphatic heterocycles. The van der Waals surface area contributed by atoms with E-state index in [1.807, 2.05) is 0 Å². The number of rotatable bonds is 12. The van der Waals surface area contributed by atoms with Crippen LogP contribution in [-0.2, 0) is 9.59 Å². The summed E-state index contributed by atoms with van der Waals surface area (Å²) in [6.07, 6.45) is -13.3. The lowest BCUT2D eigenvalue weighted by Gasteiger charge is -2.42. The summed E-state index contributed by atoms with van der Waals surface area (Å²) in [6, 6.07) is 0. The van der Waals surface area contributed by atoms with Gasteiger partial charge in [-0.05, 0) is 23.5 Å². The molecule has 0 radical (unpaired) electrons. The Labute approximate surface area is 199 Å². The fourth-order valence-corrected chi connectivity index (χ4v) is 2.69. The molecular formula is C17H11F17O4-2. The maximum atomic E-state index is 13.9. The molecule has 0 saturated carbocycles. The number of carboxylic acids is 2. The second-order valence-corrected chi connectivity index (χ2v) is 7.77. The highest BCUT2D eigenvalue weighted by molar-refractivity contribution is 5.97. The Morgan fingerprint density at radius 3 is 1.13 bits per heavy atom. The fourth-order valence-electron chi connectivity index (χ4n) is 2.69. The van der Waals surface area contributed by atoms with Gasteiger partial charge in [0.1, 0.15) is 0 Å². The lowest BCUT2D eigenvalue weighted by molar-refractivity contribution is -0.461. The molecule has 0 unspecified atom stereocenters. The van der Waals surface area contributed by atoms with Gasteiger partial charge in [-0.1, -0.05) is 13.8 Å². The van der Waals surface area contributed by atoms with Crippen LogP contribution in [0.4, 0.5) is 74.6 Å². The third kappa shape index (κ3) is 5.20. The molecule has 224 valence electrons. The van der Waals surface area contributed by atoms with Gasteiger partial charge in [0.25, 0.3) is 0 Å². The van der Waals surface area contributed by atoms with E-state index in [1.54, 1.807) is 0 Å². The molecule has 0 amide bonds. The Morgan fingerprint density at radius 2 is 0.868 bits per heavy atom. The molecule has 0 saturated heterocycles. The van der Waals surface area contributed by atoms with Crippen molar-refractivity contribution >= 4 is 11.9 Å². The van der Waals surface area contributed by atoms with Crippen molar-refractivity contribution in [3.8, 4) is 0 Å². The highest BCUT2D eigenvalue weighted by Gasteiger charge is 2.95. The maximum absolute atomic E-state index is 13.9. The molecule has 38 heavy (non-hydrogen) atoms. The van der Waals surface area contributed by atoms with Crippen LogP contribution in [0.25, 0.3) is 0 Å². The Bertz CT molecular complexity index is 947. The van der Waals surface area contributed by atoms with Crippen molar-refractivity contribution in [2.45, 2.75) is 74.3 Å². The largest absolute Gasteiger partial charge is 0.545 e. The van der Waals surface area contributed by atoms with Crippen LogP contribution in [-0.4, -0.2) is 59.6 Å². The zero-order valence-corrected chi connectivity index (χ0v) is 18.0. The number of carbonyl (C=O) groups is 2. The molecule has 0 atom stereocenters. The molecule has 0 aromatic heterocycles. The van der Waals surface area contributed by atoms with Crippen molar-refractivity contribution in [2.75, 3.05) is 0 Å². The standard InChI is InChI=1S/C17H13F17O4/c1-5(2)7(9(37)38)6(8(35)36)3-4-10(18,19)11(20,21)12(22,23)13(24,25)14(26,27)15(28,29)16(30,31)17(32,33)34/h5H,3-4H2,1-2H3,(H,35,36)(H,37,38)/p-2/b7-6+. The molecule has 0 aliphatic rings. The van der Waals surface area contributed by atoms with Crippen molar-refractivity contribution in [3.05, 3.63) is 11.1 Å². The van der Waals surface area contributed by atoms with Gasteiger partial charge in [-0.2, -0.15) is 74.6 Å². The van der Waals surface area contributed by atoms with Crippen LogP contribution < -0.4 is 10.2 Å². The highest BCUT2D eigenvalue weighted by Crippen LogP contribution is 2.64. The average molecular weight is 602 g/mol. The van der Waals surface area contributed by atoms with Gasteiger partial charge in [0.2, 0.25) is 0 Å². The number of hydrogen-bond donors (Lipinski definition) is 0. The first-order valence-electron chi connectivity index (χ1n) is 9.18. The lowest BCUT2D eigenvalue weighted by atomic mass is 9.86. The average Bonchev–Trinajstić information content (AvgIpc) is 2.68. The van der Waals surface area contributed by atoms with Crippen molar-refractivity contribution < 1.29 is 94.4 Å². The van der Waals surface area contributed by atoms with Gasteiger partial charge in [-0.3, -0.25) is 0 Å². The third-order valence-electron chi connectivity index (χ3n) is 4.84. The van der Waals surface area contributed by atoms with Crippen molar-refractivity contribution in [1.29, 1.82) is 0 Å². The van der Waals surface area contributed by atoms with Crippen molar-refractivity contribution in [1.82, 2.24) is 0 Å². The summed E-state index contributed by atoms with van der Waals surface area (Å²) in [6.45, 7) is 1.66. The SMILES string of the molecule is CC(C)/C(C(=O)[O-])=C(/CCC(F)(F)C(F)(F)C(F)(F)C(F)(F)C(F)(F)C(F)(F)C(F)(F)C(F)(F)F)C(=O)[O-]. The van der Waals surface area contributed by atoms with E-state index in [2.05, 4.69) is 0 Å². The van der Waals surface area contributed by atoms with Crippen LogP contribution in [0.3, 0.4) is 0 Å². The summed E-state index contributed by atoms with van der Waals surface area (Å²) in [7, 11) is 0. The summed E-state index contributed by atoms with van der Waals surface area (Å²) in [5.74, 6) is -64.6. The van der Waals surface area contributed by atoms with Crippen molar-refractivity contribution in [2.24, 2.45) is 5.92 Å². The van der Waals surface area contributed by atoms with E-state index in [0.29, 0.717) is 0 Å². The van der Waals surface area contributed by atoms with E-state index in [1.165, 1.54) is 0 Å². The summed E-state index contributed by atoms with van der Waals surface area (Å²) in [4.78, 5) is 21.9. The smallest absolute Gasteiger partial charge is 0.460 e. The van der Waals surface area contributed by atoms with Gasteiger partial charge in [0.15, 0.2) is 0 Å². The summed E-state index contributed by atoms with van der Waals surface area (Å²) in [5.41, 5.74) is -3.37. The predicted octanol–water partition coefficient (Wildman–Crippen LogP) is 4.23. The highest BCUT2D eigenvalue weighted by atomic mass is 19.4. The van der Waals surface area contributed by atoms with Crippen LogP contribution in [0.5, 0.6) is 0 Å². The minimum Gasteiger partial charge on any atom is -0.545 e. The van der Waals surface area contributed by atoms with Gasteiger partial charge in [0, 0.05) is 6.42 Å².